The van der Waals surface area contributed by atoms with Crippen molar-refractivity contribution in [1.29, 1.82) is 0 Å². The van der Waals surface area contributed by atoms with Crippen LogP contribution in [-0.2, 0) is 9.53 Å². The van der Waals surface area contributed by atoms with E-state index in [1.165, 1.54) is 5.56 Å². The highest BCUT2D eigenvalue weighted by atomic mass is 16.5. The Morgan fingerprint density at radius 2 is 2.00 bits per heavy atom. The van der Waals surface area contributed by atoms with Crippen molar-refractivity contribution in [2.24, 2.45) is 0 Å². The number of amides is 1. The molecule has 0 saturated carbocycles. The Kier molecular flexibility index (Phi) is 2.21. The average Bonchev–Trinajstić information content (AvgIpc) is 2.69. The number of fused-ring (bicyclic) bond motifs is 2. The molecule has 1 amide bonds. The van der Waals surface area contributed by atoms with Crippen molar-refractivity contribution in [3.05, 3.63) is 29.8 Å². The van der Waals surface area contributed by atoms with Gasteiger partial charge < -0.3 is 9.64 Å². The Labute approximate surface area is 95.0 Å². The molecular weight excluding hydrogens is 202 g/mol. The first-order valence-electron chi connectivity index (χ1n) is 5.77. The highest BCUT2D eigenvalue weighted by Crippen LogP contribution is 2.30. The molecule has 2 saturated heterocycles. The topological polar surface area (TPSA) is 29.5 Å². The van der Waals surface area contributed by atoms with Gasteiger partial charge in [-0.1, -0.05) is 17.7 Å². The monoisotopic (exact) mass is 217 g/mol. The van der Waals surface area contributed by atoms with Crippen LogP contribution >= 0.6 is 0 Å². The Morgan fingerprint density at radius 3 is 2.75 bits per heavy atom. The zero-order valence-electron chi connectivity index (χ0n) is 9.35. The normalized spacial score (nSPS) is 28.6. The van der Waals surface area contributed by atoms with Crippen LogP contribution in [0.1, 0.15) is 18.4 Å². The van der Waals surface area contributed by atoms with Gasteiger partial charge in [0.25, 0.3) is 5.91 Å². The van der Waals surface area contributed by atoms with E-state index in [9.17, 15) is 4.79 Å². The van der Waals surface area contributed by atoms with Crippen LogP contribution in [0.5, 0.6) is 0 Å². The maximum Gasteiger partial charge on any atom is 0.256 e. The zero-order chi connectivity index (χ0) is 11.1. The number of nitrogens with zero attached hydrogens (tertiary/aromatic N) is 1. The highest BCUT2D eigenvalue weighted by molar-refractivity contribution is 5.97. The van der Waals surface area contributed by atoms with Crippen molar-refractivity contribution in [2.45, 2.75) is 32.0 Å². The van der Waals surface area contributed by atoms with Gasteiger partial charge in [-0.3, -0.25) is 4.79 Å². The van der Waals surface area contributed by atoms with E-state index in [0.717, 1.165) is 18.5 Å². The Balaban J connectivity index is 1.89. The van der Waals surface area contributed by atoms with Crippen molar-refractivity contribution in [2.75, 3.05) is 11.4 Å². The molecule has 2 atom stereocenters. The van der Waals surface area contributed by atoms with E-state index < -0.39 is 0 Å². The number of carbonyl (C=O) groups excluding carboxylic acids is 1. The van der Waals surface area contributed by atoms with Crippen LogP contribution in [0, 0.1) is 6.92 Å². The minimum atomic E-state index is -0.194. The SMILES string of the molecule is Cc1ccc(N2CC3CCC(O3)C2=O)cc1. The number of benzene rings is 1. The van der Waals surface area contributed by atoms with E-state index >= 15 is 0 Å². The minimum absolute atomic E-state index is 0.123. The number of anilines is 1. The Morgan fingerprint density at radius 1 is 1.25 bits per heavy atom. The summed E-state index contributed by atoms with van der Waals surface area (Å²) in [6.07, 6.45) is 1.94. The average molecular weight is 217 g/mol. The number of aryl methyl sites for hydroxylation is 1. The van der Waals surface area contributed by atoms with Crippen LogP contribution in [-0.4, -0.2) is 24.7 Å². The number of morpholine rings is 1. The fourth-order valence-corrected chi connectivity index (χ4v) is 2.45. The van der Waals surface area contributed by atoms with E-state index in [1.54, 1.807) is 0 Å². The molecule has 1 aromatic rings. The molecule has 2 unspecified atom stereocenters. The number of carbonyl (C=O) groups is 1. The fraction of sp³-hybridized carbons (Fsp3) is 0.462. The van der Waals surface area contributed by atoms with Gasteiger partial charge in [0.1, 0.15) is 6.10 Å². The summed E-state index contributed by atoms with van der Waals surface area (Å²) in [5, 5.41) is 0. The molecule has 0 spiro atoms. The third-order valence-electron chi connectivity index (χ3n) is 3.38. The maximum atomic E-state index is 12.1. The van der Waals surface area contributed by atoms with Gasteiger partial charge in [0, 0.05) is 5.69 Å². The second kappa shape index (κ2) is 3.59. The summed E-state index contributed by atoms with van der Waals surface area (Å²) in [4.78, 5) is 13.9. The van der Waals surface area contributed by atoms with Crippen molar-refractivity contribution in [3.63, 3.8) is 0 Å². The first kappa shape index (κ1) is 9.85. The zero-order valence-corrected chi connectivity index (χ0v) is 9.35. The molecule has 0 aliphatic carbocycles. The summed E-state index contributed by atoms with van der Waals surface area (Å²) in [7, 11) is 0. The quantitative estimate of drug-likeness (QED) is 0.719. The molecule has 2 aliphatic heterocycles. The van der Waals surface area contributed by atoms with E-state index in [0.29, 0.717) is 6.54 Å². The molecule has 16 heavy (non-hydrogen) atoms. The van der Waals surface area contributed by atoms with Gasteiger partial charge in [-0.15, -0.1) is 0 Å². The second-order valence-electron chi connectivity index (χ2n) is 4.61. The van der Waals surface area contributed by atoms with Gasteiger partial charge in [0.05, 0.1) is 12.6 Å². The van der Waals surface area contributed by atoms with Gasteiger partial charge in [-0.2, -0.15) is 0 Å². The smallest absolute Gasteiger partial charge is 0.256 e. The van der Waals surface area contributed by atoms with Crippen molar-refractivity contribution in [3.8, 4) is 0 Å². The lowest BCUT2D eigenvalue weighted by molar-refractivity contribution is -0.133. The standard InChI is InChI=1S/C13H15NO2/c1-9-2-4-10(5-3-9)14-8-11-6-7-12(16-11)13(14)15/h2-5,11-12H,6-8H2,1H3. The number of hydrogen-bond donors (Lipinski definition) is 0. The molecule has 3 heteroatoms. The highest BCUT2D eigenvalue weighted by Gasteiger charge is 2.40. The van der Waals surface area contributed by atoms with E-state index in [4.69, 9.17) is 4.74 Å². The number of hydrogen-bond acceptors (Lipinski definition) is 2. The number of ether oxygens (including phenoxy) is 1. The molecule has 2 aliphatic rings. The summed E-state index contributed by atoms with van der Waals surface area (Å²) >= 11 is 0. The molecular formula is C13H15NO2. The van der Waals surface area contributed by atoms with E-state index in [2.05, 4.69) is 6.92 Å². The molecule has 2 bridgehead atoms. The predicted molar refractivity (Wildman–Crippen MR) is 61.4 cm³/mol. The van der Waals surface area contributed by atoms with Gasteiger partial charge in [0.2, 0.25) is 0 Å². The summed E-state index contributed by atoms with van der Waals surface area (Å²) in [6.45, 7) is 2.76. The molecule has 2 fully saturated rings. The van der Waals surface area contributed by atoms with Crippen LogP contribution in [0.4, 0.5) is 5.69 Å². The van der Waals surface area contributed by atoms with Crippen LogP contribution in [0.15, 0.2) is 24.3 Å². The lowest BCUT2D eigenvalue weighted by Crippen LogP contribution is -2.47. The Bertz CT molecular complexity index is 412. The molecule has 84 valence electrons. The summed E-state index contributed by atoms with van der Waals surface area (Å²) < 4.78 is 5.59. The third-order valence-corrected chi connectivity index (χ3v) is 3.38. The summed E-state index contributed by atoms with van der Waals surface area (Å²) in [5.41, 5.74) is 2.21. The largest absolute Gasteiger partial charge is 0.363 e. The van der Waals surface area contributed by atoms with Gasteiger partial charge in [0.15, 0.2) is 0 Å². The van der Waals surface area contributed by atoms with Crippen LogP contribution < -0.4 is 4.90 Å². The van der Waals surface area contributed by atoms with Crippen molar-refractivity contribution >= 4 is 11.6 Å². The maximum absolute atomic E-state index is 12.1. The molecule has 3 nitrogen and oxygen atoms in total. The van der Waals surface area contributed by atoms with Gasteiger partial charge in [-0.05, 0) is 31.9 Å². The molecule has 2 heterocycles. The molecule has 0 aromatic heterocycles. The molecule has 0 radical (unpaired) electrons. The second-order valence-corrected chi connectivity index (χ2v) is 4.61. The predicted octanol–water partition coefficient (Wildman–Crippen LogP) is 1.89. The van der Waals surface area contributed by atoms with Crippen molar-refractivity contribution in [1.82, 2.24) is 0 Å². The molecule has 1 aromatic carbocycles. The van der Waals surface area contributed by atoms with Crippen LogP contribution in [0.2, 0.25) is 0 Å². The van der Waals surface area contributed by atoms with E-state index in [1.807, 2.05) is 29.2 Å². The molecule has 3 rings (SSSR count). The van der Waals surface area contributed by atoms with Crippen LogP contribution in [0.3, 0.4) is 0 Å². The lowest BCUT2D eigenvalue weighted by atomic mass is 10.2. The first-order chi connectivity index (χ1) is 7.74. The fourth-order valence-electron chi connectivity index (χ4n) is 2.45. The van der Waals surface area contributed by atoms with Gasteiger partial charge >= 0.3 is 0 Å². The number of rotatable bonds is 1. The summed E-state index contributed by atoms with van der Waals surface area (Å²) in [5.74, 6) is 0.123. The lowest BCUT2D eigenvalue weighted by Gasteiger charge is -2.31. The minimum Gasteiger partial charge on any atom is -0.363 e. The van der Waals surface area contributed by atoms with Crippen LogP contribution in [0.25, 0.3) is 0 Å². The van der Waals surface area contributed by atoms with Gasteiger partial charge in [-0.25, -0.2) is 0 Å². The van der Waals surface area contributed by atoms with Crippen molar-refractivity contribution < 1.29 is 9.53 Å². The Hall–Kier alpha value is -1.35. The first-order valence-corrected chi connectivity index (χ1v) is 5.77. The summed E-state index contributed by atoms with van der Waals surface area (Å²) in [6, 6.07) is 8.11. The van der Waals surface area contributed by atoms with E-state index in [-0.39, 0.29) is 18.1 Å². The molecule has 0 N–H and O–H groups in total. The third kappa shape index (κ3) is 1.52.